The summed E-state index contributed by atoms with van der Waals surface area (Å²) in [4.78, 5) is 49.4. The van der Waals surface area contributed by atoms with E-state index in [1.54, 1.807) is 6.07 Å². The van der Waals surface area contributed by atoms with Gasteiger partial charge in [0.15, 0.2) is 6.61 Å². The van der Waals surface area contributed by atoms with Gasteiger partial charge < -0.3 is 19.5 Å². The number of hydrogen-bond donors (Lipinski definition) is 2. The molecule has 0 bridgehead atoms. The van der Waals surface area contributed by atoms with E-state index in [2.05, 4.69) is 10.7 Å². The first-order valence-electron chi connectivity index (χ1n) is 10.5. The summed E-state index contributed by atoms with van der Waals surface area (Å²) in [6, 6.07) is 8.65. The summed E-state index contributed by atoms with van der Waals surface area (Å²) >= 11 is 0. The van der Waals surface area contributed by atoms with Gasteiger partial charge in [0, 0.05) is 12.1 Å². The molecule has 192 valence electrons. The molecule has 36 heavy (non-hydrogen) atoms. The minimum Gasteiger partial charge on any atom is -0.496 e. The first-order chi connectivity index (χ1) is 17.0. The highest BCUT2D eigenvalue weighted by Crippen LogP contribution is 2.31. The number of benzene rings is 2. The third-order valence-corrected chi connectivity index (χ3v) is 5.17. The van der Waals surface area contributed by atoms with Crippen molar-refractivity contribution in [2.24, 2.45) is 5.92 Å². The predicted molar refractivity (Wildman–Crippen MR) is 118 cm³/mol. The Labute approximate surface area is 203 Å². The van der Waals surface area contributed by atoms with Crippen molar-refractivity contribution in [3.8, 4) is 11.5 Å². The Morgan fingerprint density at radius 2 is 1.69 bits per heavy atom. The summed E-state index contributed by atoms with van der Waals surface area (Å²) in [5, 5.41) is 3.16. The van der Waals surface area contributed by atoms with Gasteiger partial charge in [-0.15, -0.1) is 0 Å². The summed E-state index contributed by atoms with van der Waals surface area (Å²) in [7, 11) is 2.73. The topological polar surface area (TPSA) is 123 Å². The number of halogens is 3. The maximum absolute atomic E-state index is 12.8. The predicted octanol–water partition coefficient (Wildman–Crippen LogP) is 2.40. The maximum Gasteiger partial charge on any atom is 0.416 e. The normalized spacial score (nSPS) is 15.3. The second-order valence-corrected chi connectivity index (χ2v) is 7.62. The Morgan fingerprint density at radius 3 is 2.31 bits per heavy atom. The molecular formula is C23H22F3N3O7. The summed E-state index contributed by atoms with van der Waals surface area (Å²) in [5.41, 5.74) is 1.38. The van der Waals surface area contributed by atoms with Gasteiger partial charge in [0.05, 0.1) is 32.2 Å². The summed E-state index contributed by atoms with van der Waals surface area (Å²) in [6.07, 6.45) is -4.86. The zero-order valence-electron chi connectivity index (χ0n) is 19.2. The summed E-state index contributed by atoms with van der Waals surface area (Å²) < 4.78 is 53.6. The standard InChI is InChI=1S/C23H22F3N3O7/c1-34-16-7-4-8-17(35-2)20(16)21(32)28-29-11-13(9-19(29)31)22(33)36-12-18(30)27-15-6-3-5-14(10-15)23(24,25)26/h3-8,10,13H,9,11-12H2,1-2H3,(H,27,30)(H,28,32)/t13-/m0/s1. The highest BCUT2D eigenvalue weighted by Gasteiger charge is 2.37. The van der Waals surface area contributed by atoms with Gasteiger partial charge in [-0.1, -0.05) is 12.1 Å². The fourth-order valence-corrected chi connectivity index (χ4v) is 3.45. The van der Waals surface area contributed by atoms with Crippen molar-refractivity contribution in [2.75, 3.05) is 32.7 Å². The van der Waals surface area contributed by atoms with Crippen LogP contribution in [0.1, 0.15) is 22.3 Å². The van der Waals surface area contributed by atoms with Crippen LogP contribution in [0.5, 0.6) is 11.5 Å². The molecule has 0 unspecified atom stereocenters. The van der Waals surface area contributed by atoms with E-state index in [4.69, 9.17) is 14.2 Å². The van der Waals surface area contributed by atoms with Crippen LogP contribution >= 0.6 is 0 Å². The van der Waals surface area contributed by atoms with Crippen LogP contribution in [0.15, 0.2) is 42.5 Å². The summed E-state index contributed by atoms with van der Waals surface area (Å²) in [5.74, 6) is -3.56. The van der Waals surface area contributed by atoms with Crippen LogP contribution in [0.25, 0.3) is 0 Å². The molecule has 2 N–H and O–H groups in total. The lowest BCUT2D eigenvalue weighted by Crippen LogP contribution is -2.43. The van der Waals surface area contributed by atoms with Crippen molar-refractivity contribution in [2.45, 2.75) is 12.6 Å². The number of nitrogens with zero attached hydrogens (tertiary/aromatic N) is 1. The zero-order valence-corrected chi connectivity index (χ0v) is 19.2. The smallest absolute Gasteiger partial charge is 0.416 e. The van der Waals surface area contributed by atoms with E-state index in [1.165, 1.54) is 32.4 Å². The second kappa shape index (κ2) is 11.0. The molecule has 1 fully saturated rings. The minimum atomic E-state index is -4.58. The van der Waals surface area contributed by atoms with E-state index in [0.717, 1.165) is 23.2 Å². The largest absolute Gasteiger partial charge is 0.496 e. The minimum absolute atomic E-state index is 0.0487. The number of rotatable bonds is 8. The average molecular weight is 509 g/mol. The van der Waals surface area contributed by atoms with Gasteiger partial charge >= 0.3 is 12.1 Å². The molecule has 3 amide bonds. The number of nitrogens with one attached hydrogen (secondary N) is 2. The molecule has 0 aliphatic carbocycles. The molecule has 1 saturated heterocycles. The number of esters is 1. The van der Waals surface area contributed by atoms with Crippen LogP contribution in [-0.4, -0.2) is 56.1 Å². The molecule has 0 saturated carbocycles. The molecule has 1 heterocycles. The third kappa shape index (κ3) is 6.23. The van der Waals surface area contributed by atoms with Crippen molar-refractivity contribution in [1.29, 1.82) is 0 Å². The molecular weight excluding hydrogens is 487 g/mol. The van der Waals surface area contributed by atoms with Crippen LogP contribution in [-0.2, 0) is 25.3 Å². The number of carbonyl (C=O) groups is 4. The Morgan fingerprint density at radius 1 is 1.06 bits per heavy atom. The fraction of sp³-hybridized carbons (Fsp3) is 0.304. The zero-order chi connectivity index (χ0) is 26.5. The van der Waals surface area contributed by atoms with Gasteiger partial charge in [-0.2, -0.15) is 13.2 Å². The van der Waals surface area contributed by atoms with E-state index < -0.39 is 48.0 Å². The number of hydrogen-bond acceptors (Lipinski definition) is 7. The lowest BCUT2D eigenvalue weighted by molar-refractivity contribution is -0.151. The first-order valence-corrected chi connectivity index (χ1v) is 10.5. The molecule has 0 aromatic heterocycles. The highest BCUT2D eigenvalue weighted by atomic mass is 19.4. The summed E-state index contributed by atoms with van der Waals surface area (Å²) in [6.45, 7) is -0.985. The Hall–Kier alpha value is -4.29. The van der Waals surface area contributed by atoms with Crippen LogP contribution in [0.3, 0.4) is 0 Å². The molecule has 10 nitrogen and oxygen atoms in total. The molecule has 3 rings (SSSR count). The number of carbonyl (C=O) groups excluding carboxylic acids is 4. The van der Waals surface area contributed by atoms with Crippen molar-refractivity contribution in [3.05, 3.63) is 53.6 Å². The Balaban J connectivity index is 1.55. The molecule has 13 heteroatoms. The Bertz CT molecular complexity index is 1150. The van der Waals surface area contributed by atoms with Crippen molar-refractivity contribution >= 4 is 29.4 Å². The van der Waals surface area contributed by atoms with Gasteiger partial charge in [-0.05, 0) is 30.3 Å². The van der Waals surface area contributed by atoms with E-state index in [1.807, 2.05) is 0 Å². The molecule has 2 aromatic carbocycles. The number of amides is 3. The van der Waals surface area contributed by atoms with Gasteiger partial charge in [-0.3, -0.25) is 29.6 Å². The molecule has 0 radical (unpaired) electrons. The van der Waals surface area contributed by atoms with Gasteiger partial charge in [0.25, 0.3) is 11.8 Å². The van der Waals surface area contributed by atoms with E-state index >= 15 is 0 Å². The molecule has 0 spiro atoms. The van der Waals surface area contributed by atoms with Crippen LogP contribution in [0.2, 0.25) is 0 Å². The van der Waals surface area contributed by atoms with Gasteiger partial charge in [-0.25, -0.2) is 0 Å². The van der Waals surface area contributed by atoms with E-state index in [-0.39, 0.29) is 35.7 Å². The highest BCUT2D eigenvalue weighted by molar-refractivity contribution is 6.01. The van der Waals surface area contributed by atoms with Crippen LogP contribution < -0.4 is 20.2 Å². The number of methoxy groups -OCH3 is 2. The first kappa shape index (κ1) is 26.3. The monoisotopic (exact) mass is 509 g/mol. The quantitative estimate of drug-likeness (QED) is 0.524. The number of anilines is 1. The van der Waals surface area contributed by atoms with Gasteiger partial charge in [0.1, 0.15) is 17.1 Å². The molecule has 1 aliphatic heterocycles. The lowest BCUT2D eigenvalue weighted by atomic mass is 10.1. The van der Waals surface area contributed by atoms with Crippen molar-refractivity contribution < 1.29 is 46.6 Å². The second-order valence-electron chi connectivity index (χ2n) is 7.62. The fourth-order valence-electron chi connectivity index (χ4n) is 3.45. The number of ether oxygens (including phenoxy) is 3. The van der Waals surface area contributed by atoms with Gasteiger partial charge in [0.2, 0.25) is 5.91 Å². The number of alkyl halides is 3. The molecule has 1 aliphatic rings. The van der Waals surface area contributed by atoms with E-state index in [0.29, 0.717) is 0 Å². The van der Waals surface area contributed by atoms with Crippen molar-refractivity contribution in [1.82, 2.24) is 10.4 Å². The SMILES string of the molecule is COc1cccc(OC)c1C(=O)NN1C[C@@H](C(=O)OCC(=O)Nc2cccc(C(F)(F)F)c2)CC1=O. The van der Waals surface area contributed by atoms with Crippen molar-refractivity contribution in [3.63, 3.8) is 0 Å². The third-order valence-electron chi connectivity index (χ3n) is 5.17. The lowest BCUT2D eigenvalue weighted by Gasteiger charge is -2.19. The molecule has 2 aromatic rings. The maximum atomic E-state index is 12.8. The van der Waals surface area contributed by atoms with E-state index in [9.17, 15) is 32.3 Å². The average Bonchev–Trinajstić information content (AvgIpc) is 3.21. The van der Waals surface area contributed by atoms with Crippen LogP contribution in [0.4, 0.5) is 18.9 Å². The Kier molecular flexibility index (Phi) is 8.02. The number of hydrazine groups is 1. The molecule has 1 atom stereocenters. The van der Waals surface area contributed by atoms with Crippen LogP contribution in [0, 0.1) is 5.92 Å².